The Morgan fingerprint density at radius 2 is 1.64 bits per heavy atom. The van der Waals surface area contributed by atoms with Gasteiger partial charge in [-0.1, -0.05) is 15.9 Å². The molecule has 0 aliphatic carbocycles. The molecule has 2 aromatic carbocycles. The first-order chi connectivity index (χ1) is 11.9. The van der Waals surface area contributed by atoms with E-state index in [0.29, 0.717) is 29.3 Å². The number of amides is 2. The van der Waals surface area contributed by atoms with Crippen molar-refractivity contribution in [2.45, 2.75) is 13.5 Å². The quantitative estimate of drug-likeness (QED) is 0.770. The molecule has 0 spiro atoms. The zero-order valence-corrected chi connectivity index (χ0v) is 15.8. The lowest BCUT2D eigenvalue weighted by Crippen LogP contribution is -2.23. The van der Waals surface area contributed by atoms with Crippen molar-refractivity contribution < 1.29 is 19.1 Å². The number of rotatable bonds is 6. The molecule has 0 saturated carbocycles. The molecule has 2 rings (SSSR count). The van der Waals surface area contributed by atoms with Crippen LogP contribution in [0.5, 0.6) is 11.5 Å². The number of anilines is 1. The zero-order valence-electron chi connectivity index (χ0n) is 14.2. The normalized spacial score (nSPS) is 10.1. The first-order valence-corrected chi connectivity index (χ1v) is 8.30. The van der Waals surface area contributed by atoms with Gasteiger partial charge in [-0.25, -0.2) is 0 Å². The predicted molar refractivity (Wildman–Crippen MR) is 99.2 cm³/mol. The number of carbonyl (C=O) groups excluding carboxylic acids is 2. The molecule has 2 aromatic rings. The smallest absolute Gasteiger partial charge is 0.251 e. The van der Waals surface area contributed by atoms with Crippen LogP contribution in [0, 0.1) is 0 Å². The number of carbonyl (C=O) groups is 2. The van der Waals surface area contributed by atoms with E-state index in [9.17, 15) is 9.59 Å². The average Bonchev–Trinajstić information content (AvgIpc) is 2.60. The first-order valence-electron chi connectivity index (χ1n) is 7.51. The monoisotopic (exact) mass is 406 g/mol. The molecule has 0 atom stereocenters. The summed E-state index contributed by atoms with van der Waals surface area (Å²) in [5, 5.41) is 5.51. The van der Waals surface area contributed by atoms with E-state index in [0.717, 1.165) is 10.0 Å². The number of hydrogen-bond acceptors (Lipinski definition) is 4. The second kappa shape index (κ2) is 8.53. The fraction of sp³-hybridized carbons (Fsp3) is 0.222. The van der Waals surface area contributed by atoms with Crippen LogP contribution in [0.4, 0.5) is 5.69 Å². The van der Waals surface area contributed by atoms with Crippen LogP contribution in [0.1, 0.15) is 22.8 Å². The summed E-state index contributed by atoms with van der Waals surface area (Å²) >= 11 is 3.46. The maximum atomic E-state index is 12.3. The fourth-order valence-electron chi connectivity index (χ4n) is 2.22. The van der Waals surface area contributed by atoms with E-state index in [1.54, 1.807) is 44.6 Å². The number of methoxy groups -OCH3 is 2. The fourth-order valence-corrected chi connectivity index (χ4v) is 2.68. The van der Waals surface area contributed by atoms with Gasteiger partial charge in [0.05, 0.1) is 14.2 Å². The van der Waals surface area contributed by atoms with Crippen molar-refractivity contribution in [1.82, 2.24) is 5.32 Å². The van der Waals surface area contributed by atoms with Crippen LogP contribution in [0.15, 0.2) is 40.9 Å². The summed E-state index contributed by atoms with van der Waals surface area (Å²) in [6.07, 6.45) is 0. The molecule has 0 bridgehead atoms. The third kappa shape index (κ3) is 4.96. The minimum atomic E-state index is -0.212. The largest absolute Gasteiger partial charge is 0.493 e. The van der Waals surface area contributed by atoms with E-state index in [1.165, 1.54) is 6.92 Å². The van der Waals surface area contributed by atoms with Crippen molar-refractivity contribution >= 4 is 33.4 Å². The van der Waals surface area contributed by atoms with Gasteiger partial charge in [-0.05, 0) is 42.0 Å². The third-order valence-corrected chi connectivity index (χ3v) is 4.20. The Hall–Kier alpha value is -2.54. The number of ether oxygens (including phenoxy) is 2. The molecule has 0 aromatic heterocycles. The molecule has 2 N–H and O–H groups in total. The number of halogens is 1. The second-order valence-electron chi connectivity index (χ2n) is 5.24. The lowest BCUT2D eigenvalue weighted by Gasteiger charge is -2.13. The maximum Gasteiger partial charge on any atom is 0.251 e. The number of benzene rings is 2. The van der Waals surface area contributed by atoms with Crippen molar-refractivity contribution in [3.63, 3.8) is 0 Å². The van der Waals surface area contributed by atoms with Gasteiger partial charge in [0.2, 0.25) is 5.91 Å². The van der Waals surface area contributed by atoms with Crippen LogP contribution in [-0.4, -0.2) is 26.0 Å². The van der Waals surface area contributed by atoms with Gasteiger partial charge < -0.3 is 20.1 Å². The van der Waals surface area contributed by atoms with Gasteiger partial charge in [-0.3, -0.25) is 9.59 Å². The topological polar surface area (TPSA) is 76.7 Å². The van der Waals surface area contributed by atoms with Crippen molar-refractivity contribution in [2.75, 3.05) is 19.5 Å². The molecule has 2 amide bonds. The number of hydrogen-bond donors (Lipinski definition) is 2. The molecule has 0 saturated heterocycles. The minimum absolute atomic E-state index is 0.157. The Balaban J connectivity index is 2.05. The molecular formula is C18H19BrN2O4. The van der Waals surface area contributed by atoms with Crippen LogP contribution >= 0.6 is 15.9 Å². The SMILES string of the molecule is COc1cc(Br)c(CNC(=O)c2ccc(NC(C)=O)cc2)cc1OC. The Labute approximate surface area is 154 Å². The van der Waals surface area contributed by atoms with Gasteiger partial charge >= 0.3 is 0 Å². The summed E-state index contributed by atoms with van der Waals surface area (Å²) in [5.74, 6) is 0.833. The van der Waals surface area contributed by atoms with Crippen LogP contribution in [-0.2, 0) is 11.3 Å². The zero-order chi connectivity index (χ0) is 18.4. The van der Waals surface area contributed by atoms with Crippen molar-refractivity contribution in [3.8, 4) is 11.5 Å². The van der Waals surface area contributed by atoms with E-state index in [2.05, 4.69) is 26.6 Å². The van der Waals surface area contributed by atoms with E-state index < -0.39 is 0 Å². The molecule has 0 radical (unpaired) electrons. The Morgan fingerprint density at radius 1 is 1.04 bits per heavy atom. The predicted octanol–water partition coefficient (Wildman–Crippen LogP) is 3.35. The van der Waals surface area contributed by atoms with E-state index >= 15 is 0 Å². The highest BCUT2D eigenvalue weighted by atomic mass is 79.9. The van der Waals surface area contributed by atoms with Gasteiger partial charge in [-0.2, -0.15) is 0 Å². The van der Waals surface area contributed by atoms with Gasteiger partial charge in [0.25, 0.3) is 5.91 Å². The van der Waals surface area contributed by atoms with Gasteiger partial charge in [-0.15, -0.1) is 0 Å². The highest BCUT2D eigenvalue weighted by Gasteiger charge is 2.11. The van der Waals surface area contributed by atoms with Crippen molar-refractivity contribution in [3.05, 3.63) is 52.0 Å². The molecule has 7 heteroatoms. The molecule has 25 heavy (non-hydrogen) atoms. The Morgan fingerprint density at radius 3 is 2.20 bits per heavy atom. The van der Waals surface area contributed by atoms with Gasteiger partial charge in [0.1, 0.15) is 0 Å². The summed E-state index contributed by atoms with van der Waals surface area (Å²) < 4.78 is 11.3. The molecule has 0 fully saturated rings. The van der Waals surface area contributed by atoms with E-state index in [1.807, 2.05) is 6.07 Å². The Kier molecular flexibility index (Phi) is 6.41. The highest BCUT2D eigenvalue weighted by molar-refractivity contribution is 9.10. The van der Waals surface area contributed by atoms with Crippen LogP contribution in [0.25, 0.3) is 0 Å². The third-order valence-electron chi connectivity index (χ3n) is 3.46. The minimum Gasteiger partial charge on any atom is -0.493 e. The summed E-state index contributed by atoms with van der Waals surface area (Å²) in [7, 11) is 3.13. The summed E-state index contributed by atoms with van der Waals surface area (Å²) in [5.41, 5.74) is 2.01. The molecule has 132 valence electrons. The molecule has 6 nitrogen and oxygen atoms in total. The van der Waals surface area contributed by atoms with Crippen molar-refractivity contribution in [2.24, 2.45) is 0 Å². The van der Waals surface area contributed by atoms with Gasteiger partial charge in [0, 0.05) is 29.2 Å². The number of nitrogens with one attached hydrogen (secondary N) is 2. The van der Waals surface area contributed by atoms with Crippen LogP contribution in [0.2, 0.25) is 0 Å². The average molecular weight is 407 g/mol. The molecule has 0 unspecified atom stereocenters. The van der Waals surface area contributed by atoms with E-state index in [4.69, 9.17) is 9.47 Å². The first kappa shape index (κ1) is 18.8. The maximum absolute atomic E-state index is 12.3. The van der Waals surface area contributed by atoms with Gasteiger partial charge in [0.15, 0.2) is 11.5 Å². The highest BCUT2D eigenvalue weighted by Crippen LogP contribution is 2.33. The molecule has 0 aliphatic heterocycles. The summed E-state index contributed by atoms with van der Waals surface area (Å²) in [4.78, 5) is 23.3. The molecule has 0 heterocycles. The molecule has 0 aliphatic rings. The summed E-state index contributed by atoms with van der Waals surface area (Å²) in [6, 6.07) is 10.3. The van der Waals surface area contributed by atoms with Crippen molar-refractivity contribution in [1.29, 1.82) is 0 Å². The van der Waals surface area contributed by atoms with Crippen LogP contribution < -0.4 is 20.1 Å². The lowest BCUT2D eigenvalue weighted by molar-refractivity contribution is -0.114. The Bertz CT molecular complexity index is 775. The standard InChI is InChI=1S/C18H19BrN2O4/c1-11(22)21-14-6-4-12(5-7-14)18(23)20-10-13-8-16(24-2)17(25-3)9-15(13)19/h4-9H,10H2,1-3H3,(H,20,23)(H,21,22). The van der Waals surface area contributed by atoms with E-state index in [-0.39, 0.29) is 11.8 Å². The second-order valence-corrected chi connectivity index (χ2v) is 6.09. The lowest BCUT2D eigenvalue weighted by atomic mass is 10.1. The van der Waals surface area contributed by atoms with Crippen LogP contribution in [0.3, 0.4) is 0 Å². The molecular weight excluding hydrogens is 388 g/mol. The summed E-state index contributed by atoms with van der Waals surface area (Å²) in [6.45, 7) is 1.76.